The van der Waals surface area contributed by atoms with Crippen molar-refractivity contribution in [3.63, 3.8) is 0 Å². The van der Waals surface area contributed by atoms with E-state index in [1.807, 2.05) is 38.1 Å². The first-order valence-electron chi connectivity index (χ1n) is 10.2. The van der Waals surface area contributed by atoms with Gasteiger partial charge >= 0.3 is 0 Å². The number of hydrogen-bond acceptors (Lipinski definition) is 3. The predicted molar refractivity (Wildman–Crippen MR) is 115 cm³/mol. The smallest absolute Gasteiger partial charge is 0.220 e. The Morgan fingerprint density at radius 2 is 1.97 bits per heavy atom. The molecule has 2 aromatic carbocycles. The summed E-state index contributed by atoms with van der Waals surface area (Å²) in [5.41, 5.74) is 5.90. The summed E-state index contributed by atoms with van der Waals surface area (Å²) < 4.78 is 11.2. The largest absolute Gasteiger partial charge is 0.497 e. The minimum Gasteiger partial charge on any atom is -0.497 e. The molecule has 0 bridgehead atoms. The van der Waals surface area contributed by atoms with E-state index in [1.54, 1.807) is 7.11 Å². The molecule has 1 aromatic heterocycles. The minimum absolute atomic E-state index is 0.0899. The average molecular weight is 392 g/mol. The van der Waals surface area contributed by atoms with E-state index in [4.69, 9.17) is 9.47 Å². The van der Waals surface area contributed by atoms with Gasteiger partial charge in [-0.3, -0.25) is 4.79 Å². The Labute approximate surface area is 171 Å². The molecule has 1 unspecified atom stereocenters. The maximum atomic E-state index is 12.4. The highest BCUT2D eigenvalue weighted by Gasteiger charge is 2.26. The second-order valence-electron chi connectivity index (χ2n) is 7.84. The normalized spacial score (nSPS) is 15.3. The number of para-hydroxylation sites is 1. The van der Waals surface area contributed by atoms with Crippen molar-refractivity contribution in [3.05, 3.63) is 58.8 Å². The zero-order valence-electron chi connectivity index (χ0n) is 17.3. The van der Waals surface area contributed by atoms with Gasteiger partial charge in [0.2, 0.25) is 5.91 Å². The number of H-pyrrole nitrogens is 1. The molecule has 1 aliphatic rings. The molecular formula is C24H28N2O3. The van der Waals surface area contributed by atoms with E-state index >= 15 is 0 Å². The lowest BCUT2D eigenvalue weighted by atomic mass is 10.1. The summed E-state index contributed by atoms with van der Waals surface area (Å²) in [6.07, 6.45) is 2.88. The van der Waals surface area contributed by atoms with Crippen LogP contribution < -0.4 is 14.8 Å². The number of aryl methyl sites for hydroxylation is 2. The molecule has 1 atom stereocenters. The summed E-state index contributed by atoms with van der Waals surface area (Å²) in [6.45, 7) is 4.64. The Morgan fingerprint density at radius 3 is 2.72 bits per heavy atom. The quantitative estimate of drug-likeness (QED) is 0.591. The van der Waals surface area contributed by atoms with E-state index in [-0.39, 0.29) is 11.9 Å². The summed E-state index contributed by atoms with van der Waals surface area (Å²) in [5.74, 6) is 1.88. The van der Waals surface area contributed by atoms with Crippen LogP contribution in [0.25, 0.3) is 10.9 Å². The number of nitrogens with one attached hydrogen (secondary N) is 2. The van der Waals surface area contributed by atoms with Crippen molar-refractivity contribution in [1.82, 2.24) is 10.3 Å². The first kappa shape index (κ1) is 19.4. The average Bonchev–Trinajstić information content (AvgIpc) is 3.23. The Balaban J connectivity index is 1.27. The lowest BCUT2D eigenvalue weighted by Gasteiger charge is -2.14. The first-order chi connectivity index (χ1) is 14.0. The van der Waals surface area contributed by atoms with Crippen molar-refractivity contribution in [2.75, 3.05) is 13.7 Å². The van der Waals surface area contributed by atoms with Crippen LogP contribution in [0.15, 0.2) is 36.4 Å². The van der Waals surface area contributed by atoms with Crippen LogP contribution in [0.3, 0.4) is 0 Å². The molecule has 0 saturated carbocycles. The van der Waals surface area contributed by atoms with E-state index in [2.05, 4.69) is 22.4 Å². The molecule has 0 aliphatic heterocycles. The number of benzene rings is 2. The van der Waals surface area contributed by atoms with Crippen LogP contribution in [-0.2, 0) is 17.6 Å². The summed E-state index contributed by atoms with van der Waals surface area (Å²) in [6, 6.07) is 12.4. The van der Waals surface area contributed by atoms with Crippen molar-refractivity contribution in [2.24, 2.45) is 0 Å². The minimum atomic E-state index is 0.0899. The molecule has 0 saturated heterocycles. The molecule has 0 spiro atoms. The highest BCUT2D eigenvalue weighted by molar-refractivity contribution is 5.87. The van der Waals surface area contributed by atoms with Crippen molar-refractivity contribution in [2.45, 2.75) is 45.6 Å². The van der Waals surface area contributed by atoms with Gasteiger partial charge in [-0.05, 0) is 61.6 Å². The lowest BCUT2D eigenvalue weighted by Crippen LogP contribution is -2.35. The van der Waals surface area contributed by atoms with Crippen LogP contribution in [0, 0.1) is 13.8 Å². The van der Waals surface area contributed by atoms with Gasteiger partial charge in [0.05, 0.1) is 13.7 Å². The Bertz CT molecular complexity index is 1020. The number of hydrogen-bond donors (Lipinski definition) is 2. The maximum absolute atomic E-state index is 12.4. The zero-order valence-corrected chi connectivity index (χ0v) is 17.3. The van der Waals surface area contributed by atoms with Crippen LogP contribution in [0.1, 0.15) is 35.2 Å². The third-order valence-corrected chi connectivity index (χ3v) is 5.67. The second-order valence-corrected chi connectivity index (χ2v) is 7.84. The number of fused-ring (bicyclic) bond motifs is 3. The number of ether oxygens (including phenoxy) is 2. The van der Waals surface area contributed by atoms with Gasteiger partial charge in [-0.25, -0.2) is 0 Å². The highest BCUT2D eigenvalue weighted by Crippen LogP contribution is 2.32. The molecule has 1 heterocycles. The number of aromatic amines is 1. The molecule has 5 heteroatoms. The van der Waals surface area contributed by atoms with E-state index in [1.165, 1.54) is 16.6 Å². The van der Waals surface area contributed by atoms with Crippen LogP contribution in [0.4, 0.5) is 0 Å². The van der Waals surface area contributed by atoms with Crippen LogP contribution >= 0.6 is 0 Å². The summed E-state index contributed by atoms with van der Waals surface area (Å²) in [7, 11) is 1.68. The fourth-order valence-electron chi connectivity index (χ4n) is 4.22. The zero-order chi connectivity index (χ0) is 20.4. The number of methoxy groups -OCH3 is 1. The van der Waals surface area contributed by atoms with E-state index in [9.17, 15) is 4.79 Å². The Hall–Kier alpha value is -2.95. The van der Waals surface area contributed by atoms with Crippen LogP contribution in [0.5, 0.6) is 11.5 Å². The van der Waals surface area contributed by atoms with Crippen molar-refractivity contribution >= 4 is 16.8 Å². The number of carbonyl (C=O) groups is 1. The van der Waals surface area contributed by atoms with Crippen molar-refractivity contribution < 1.29 is 14.3 Å². The van der Waals surface area contributed by atoms with Gasteiger partial charge in [-0.2, -0.15) is 0 Å². The lowest BCUT2D eigenvalue weighted by molar-refractivity contribution is -0.121. The first-order valence-corrected chi connectivity index (χ1v) is 10.2. The standard InChI is InChI=1S/C24H28N2O3/c1-15-6-4-7-16(2)24(15)29-11-5-8-23(27)25-17-12-19-20-14-18(28-3)9-10-21(20)26-22(19)13-17/h4,6-7,9-10,14,17,26H,5,8,11-13H2,1-3H3,(H,25,27). The van der Waals surface area contributed by atoms with E-state index < -0.39 is 0 Å². The molecule has 5 nitrogen and oxygen atoms in total. The number of amides is 1. The fraction of sp³-hybridized carbons (Fsp3) is 0.375. The third-order valence-electron chi connectivity index (χ3n) is 5.67. The summed E-state index contributed by atoms with van der Waals surface area (Å²) in [4.78, 5) is 15.9. The van der Waals surface area contributed by atoms with E-state index in [0.29, 0.717) is 19.4 Å². The monoisotopic (exact) mass is 392 g/mol. The summed E-state index contributed by atoms with van der Waals surface area (Å²) in [5, 5.41) is 4.37. The van der Waals surface area contributed by atoms with Gasteiger partial charge in [0.15, 0.2) is 0 Å². The van der Waals surface area contributed by atoms with E-state index in [0.717, 1.165) is 41.0 Å². The summed E-state index contributed by atoms with van der Waals surface area (Å²) >= 11 is 0. The molecule has 1 aliphatic carbocycles. The van der Waals surface area contributed by atoms with Gasteiger partial charge in [0, 0.05) is 35.5 Å². The van der Waals surface area contributed by atoms with Gasteiger partial charge in [-0.1, -0.05) is 18.2 Å². The molecule has 4 rings (SSSR count). The van der Waals surface area contributed by atoms with Gasteiger partial charge in [-0.15, -0.1) is 0 Å². The number of aromatic nitrogens is 1. The molecule has 0 fully saturated rings. The Kier molecular flexibility index (Phi) is 5.47. The van der Waals surface area contributed by atoms with Gasteiger partial charge < -0.3 is 19.8 Å². The number of carbonyl (C=O) groups excluding carboxylic acids is 1. The third kappa shape index (κ3) is 4.09. The molecule has 1 amide bonds. The highest BCUT2D eigenvalue weighted by atomic mass is 16.5. The molecule has 152 valence electrons. The van der Waals surface area contributed by atoms with Crippen molar-refractivity contribution in [3.8, 4) is 11.5 Å². The van der Waals surface area contributed by atoms with Crippen molar-refractivity contribution in [1.29, 1.82) is 0 Å². The molecule has 2 N–H and O–H groups in total. The maximum Gasteiger partial charge on any atom is 0.220 e. The molecule has 0 radical (unpaired) electrons. The van der Waals surface area contributed by atoms with Crippen LogP contribution in [-0.4, -0.2) is 30.6 Å². The Morgan fingerprint density at radius 1 is 1.17 bits per heavy atom. The fourth-order valence-corrected chi connectivity index (χ4v) is 4.22. The molecule has 29 heavy (non-hydrogen) atoms. The number of rotatable bonds is 7. The van der Waals surface area contributed by atoms with Crippen LogP contribution in [0.2, 0.25) is 0 Å². The van der Waals surface area contributed by atoms with Gasteiger partial charge in [0.1, 0.15) is 11.5 Å². The topological polar surface area (TPSA) is 63.3 Å². The molecular weight excluding hydrogens is 364 g/mol. The molecule has 3 aromatic rings. The van der Waals surface area contributed by atoms with Gasteiger partial charge in [0.25, 0.3) is 0 Å². The predicted octanol–water partition coefficient (Wildman–Crippen LogP) is 4.24. The SMILES string of the molecule is COc1ccc2[nH]c3c(c2c1)CC(NC(=O)CCCOc1c(C)cccc1C)C3. The second kappa shape index (κ2) is 8.19.